The van der Waals surface area contributed by atoms with Crippen LogP contribution in [-0.4, -0.2) is 33.4 Å². The first-order chi connectivity index (χ1) is 8.22. The summed E-state index contributed by atoms with van der Waals surface area (Å²) in [6.45, 7) is 0.689. The monoisotopic (exact) mass is 240 g/mol. The second kappa shape index (κ2) is 6.59. The number of benzene rings is 1. The van der Waals surface area contributed by atoms with Gasteiger partial charge in [-0.15, -0.1) is 0 Å². The van der Waals surface area contributed by atoms with E-state index in [9.17, 15) is 4.79 Å². The van der Waals surface area contributed by atoms with Gasteiger partial charge < -0.3 is 25.3 Å². The van der Waals surface area contributed by atoms with Crippen LogP contribution in [0.25, 0.3) is 0 Å². The molecule has 0 aliphatic rings. The summed E-state index contributed by atoms with van der Waals surface area (Å²) in [4.78, 5) is 11.4. The highest BCUT2D eigenvalue weighted by molar-refractivity contribution is 5.72. The van der Waals surface area contributed by atoms with Crippen molar-refractivity contribution in [2.24, 2.45) is 5.73 Å². The third-order valence-corrected chi connectivity index (χ3v) is 1.99. The average molecular weight is 240 g/mol. The van der Waals surface area contributed by atoms with Crippen molar-refractivity contribution < 1.29 is 19.0 Å². The lowest BCUT2D eigenvalue weighted by Gasteiger charge is -2.12. The Hall–Kier alpha value is -1.95. The molecule has 0 spiro atoms. The zero-order valence-electron chi connectivity index (χ0n) is 9.86. The van der Waals surface area contributed by atoms with Crippen LogP contribution in [-0.2, 0) is 0 Å². The molecule has 0 unspecified atom stereocenters. The van der Waals surface area contributed by atoms with E-state index in [1.54, 1.807) is 18.2 Å². The van der Waals surface area contributed by atoms with Crippen LogP contribution >= 0.6 is 0 Å². The maximum absolute atomic E-state index is 11.4. The predicted molar refractivity (Wildman–Crippen MR) is 62.6 cm³/mol. The summed E-state index contributed by atoms with van der Waals surface area (Å²) in [6.07, 6.45) is -0.599. The SMILES string of the molecule is COc1cccc(OC)c1OC(=O)NCCN. The number of rotatable bonds is 5. The van der Waals surface area contributed by atoms with Gasteiger partial charge in [-0.05, 0) is 12.1 Å². The number of nitrogens with one attached hydrogen (secondary N) is 1. The highest BCUT2D eigenvalue weighted by Gasteiger charge is 2.14. The van der Waals surface area contributed by atoms with Gasteiger partial charge in [0, 0.05) is 13.1 Å². The number of hydrogen-bond donors (Lipinski definition) is 2. The highest BCUT2D eigenvalue weighted by Crippen LogP contribution is 2.36. The largest absolute Gasteiger partial charge is 0.493 e. The van der Waals surface area contributed by atoms with E-state index in [4.69, 9.17) is 19.9 Å². The maximum atomic E-state index is 11.4. The van der Waals surface area contributed by atoms with Crippen molar-refractivity contribution in [3.63, 3.8) is 0 Å². The van der Waals surface area contributed by atoms with E-state index in [1.165, 1.54) is 14.2 Å². The molecule has 0 saturated heterocycles. The zero-order valence-corrected chi connectivity index (χ0v) is 9.86. The molecular weight excluding hydrogens is 224 g/mol. The third-order valence-electron chi connectivity index (χ3n) is 1.99. The number of nitrogens with two attached hydrogens (primary N) is 1. The second-order valence-corrected chi connectivity index (χ2v) is 3.10. The lowest BCUT2D eigenvalue weighted by molar-refractivity contribution is 0.196. The Balaban J connectivity index is 2.83. The van der Waals surface area contributed by atoms with Crippen LogP contribution in [0.4, 0.5) is 4.79 Å². The van der Waals surface area contributed by atoms with Gasteiger partial charge in [0.25, 0.3) is 0 Å². The van der Waals surface area contributed by atoms with E-state index < -0.39 is 6.09 Å². The van der Waals surface area contributed by atoms with Crippen LogP contribution in [0.15, 0.2) is 18.2 Å². The Labute approximate surface area is 99.6 Å². The van der Waals surface area contributed by atoms with Gasteiger partial charge in [0.05, 0.1) is 14.2 Å². The van der Waals surface area contributed by atoms with E-state index in [-0.39, 0.29) is 5.75 Å². The fourth-order valence-corrected chi connectivity index (χ4v) is 1.22. The fourth-order valence-electron chi connectivity index (χ4n) is 1.22. The van der Waals surface area contributed by atoms with Gasteiger partial charge in [-0.2, -0.15) is 0 Å². The van der Waals surface area contributed by atoms with E-state index in [1.807, 2.05) is 0 Å². The molecule has 0 aromatic heterocycles. The second-order valence-electron chi connectivity index (χ2n) is 3.10. The molecule has 0 radical (unpaired) electrons. The van der Waals surface area contributed by atoms with Crippen molar-refractivity contribution in [1.29, 1.82) is 0 Å². The zero-order chi connectivity index (χ0) is 12.7. The van der Waals surface area contributed by atoms with Crippen LogP contribution < -0.4 is 25.3 Å². The van der Waals surface area contributed by atoms with Crippen molar-refractivity contribution in [2.45, 2.75) is 0 Å². The molecule has 0 aliphatic carbocycles. The Morgan fingerprint density at radius 3 is 2.35 bits per heavy atom. The molecule has 1 aromatic rings. The number of para-hydroxylation sites is 1. The minimum atomic E-state index is -0.599. The Bertz CT molecular complexity index is 359. The number of carbonyl (C=O) groups excluding carboxylic acids is 1. The quantitative estimate of drug-likeness (QED) is 0.793. The molecule has 1 amide bonds. The van der Waals surface area contributed by atoms with Crippen LogP contribution in [0.1, 0.15) is 0 Å². The van der Waals surface area contributed by atoms with Crippen molar-refractivity contribution >= 4 is 6.09 Å². The molecule has 0 heterocycles. The predicted octanol–water partition coefficient (Wildman–Crippen LogP) is 0.751. The van der Waals surface area contributed by atoms with Crippen LogP contribution in [0.5, 0.6) is 17.2 Å². The standard InChI is InChI=1S/C11H16N2O4/c1-15-8-4-3-5-9(16-2)10(8)17-11(14)13-7-6-12/h3-5H,6-7,12H2,1-2H3,(H,13,14). The summed E-state index contributed by atoms with van der Waals surface area (Å²) < 4.78 is 15.3. The lowest BCUT2D eigenvalue weighted by Crippen LogP contribution is -2.31. The van der Waals surface area contributed by atoms with Crippen LogP contribution in [0, 0.1) is 0 Å². The van der Waals surface area contributed by atoms with Crippen molar-refractivity contribution in [1.82, 2.24) is 5.32 Å². The van der Waals surface area contributed by atoms with Crippen molar-refractivity contribution in [2.75, 3.05) is 27.3 Å². The summed E-state index contributed by atoms with van der Waals surface area (Å²) in [7, 11) is 2.97. The summed E-state index contributed by atoms with van der Waals surface area (Å²) >= 11 is 0. The third kappa shape index (κ3) is 3.53. The van der Waals surface area contributed by atoms with E-state index in [0.717, 1.165) is 0 Å². The topological polar surface area (TPSA) is 82.8 Å². The molecule has 0 aliphatic heterocycles. The molecule has 17 heavy (non-hydrogen) atoms. The van der Waals surface area contributed by atoms with E-state index in [2.05, 4.69) is 5.32 Å². The minimum absolute atomic E-state index is 0.243. The highest BCUT2D eigenvalue weighted by atomic mass is 16.6. The van der Waals surface area contributed by atoms with E-state index >= 15 is 0 Å². The molecule has 6 nitrogen and oxygen atoms in total. The Morgan fingerprint density at radius 1 is 1.29 bits per heavy atom. The van der Waals surface area contributed by atoms with Crippen molar-refractivity contribution in [3.05, 3.63) is 18.2 Å². The number of amides is 1. The molecule has 0 bridgehead atoms. The molecule has 0 saturated carbocycles. The molecule has 0 atom stereocenters. The van der Waals surface area contributed by atoms with Gasteiger partial charge in [0.1, 0.15) is 0 Å². The summed E-state index contributed by atoms with van der Waals surface area (Å²) in [5, 5.41) is 2.49. The molecule has 0 fully saturated rings. The summed E-state index contributed by atoms with van der Waals surface area (Å²) in [5.74, 6) is 1.09. The number of carbonyl (C=O) groups is 1. The maximum Gasteiger partial charge on any atom is 0.412 e. The van der Waals surface area contributed by atoms with Gasteiger partial charge in [-0.3, -0.25) is 0 Å². The molecule has 6 heteroatoms. The molecule has 3 N–H and O–H groups in total. The van der Waals surface area contributed by atoms with Gasteiger partial charge in [-0.25, -0.2) is 4.79 Å². The fraction of sp³-hybridized carbons (Fsp3) is 0.364. The minimum Gasteiger partial charge on any atom is -0.493 e. The van der Waals surface area contributed by atoms with Crippen LogP contribution in [0.2, 0.25) is 0 Å². The van der Waals surface area contributed by atoms with Gasteiger partial charge in [0.15, 0.2) is 11.5 Å². The Kier molecular flexibility index (Phi) is 5.09. The molecular formula is C11H16N2O4. The lowest BCUT2D eigenvalue weighted by atomic mass is 10.3. The molecule has 94 valence electrons. The van der Waals surface area contributed by atoms with Gasteiger partial charge in [-0.1, -0.05) is 6.07 Å². The first-order valence-electron chi connectivity index (χ1n) is 5.09. The first kappa shape index (κ1) is 13.1. The number of hydrogen-bond acceptors (Lipinski definition) is 5. The van der Waals surface area contributed by atoms with E-state index in [0.29, 0.717) is 24.6 Å². The van der Waals surface area contributed by atoms with Crippen molar-refractivity contribution in [3.8, 4) is 17.2 Å². The average Bonchev–Trinajstić information content (AvgIpc) is 2.36. The summed E-state index contributed by atoms with van der Waals surface area (Å²) in [6, 6.07) is 5.09. The first-order valence-corrected chi connectivity index (χ1v) is 5.09. The van der Waals surface area contributed by atoms with Crippen LogP contribution in [0.3, 0.4) is 0 Å². The summed E-state index contributed by atoms with van der Waals surface area (Å²) in [5.41, 5.74) is 5.26. The number of ether oxygens (including phenoxy) is 3. The Morgan fingerprint density at radius 2 is 1.88 bits per heavy atom. The molecule has 1 aromatic carbocycles. The van der Waals surface area contributed by atoms with Gasteiger partial charge in [0.2, 0.25) is 5.75 Å². The normalized spacial score (nSPS) is 9.59. The van der Waals surface area contributed by atoms with Gasteiger partial charge >= 0.3 is 6.09 Å². The number of methoxy groups -OCH3 is 2. The smallest absolute Gasteiger partial charge is 0.412 e. The molecule has 1 rings (SSSR count).